The number of ether oxygens (including phenoxy) is 3. The van der Waals surface area contributed by atoms with E-state index in [1.807, 2.05) is 40.1 Å². The van der Waals surface area contributed by atoms with Crippen LogP contribution in [0.25, 0.3) is 22.3 Å². The molecule has 0 N–H and O–H groups in total. The lowest BCUT2D eigenvalue weighted by Gasteiger charge is -2.32. The molecule has 11 heteroatoms. The smallest absolute Gasteiger partial charge is 0.496 e. The van der Waals surface area contributed by atoms with E-state index in [0.717, 1.165) is 41.7 Å². The van der Waals surface area contributed by atoms with Crippen molar-refractivity contribution < 1.29 is 32.2 Å². The molecule has 1 aliphatic rings. The summed E-state index contributed by atoms with van der Waals surface area (Å²) in [5.41, 5.74) is 4.56. The lowest BCUT2D eigenvalue weighted by atomic mass is 10.0. The lowest BCUT2D eigenvalue weighted by Crippen LogP contribution is -2.47. The normalized spacial score (nSPS) is 15.5. The summed E-state index contributed by atoms with van der Waals surface area (Å²) in [5.74, 6) is -0.142. The SMILES string of the molecule is CC[C@@H](COC(=O)N1CCN(C)CC1)n1cc(C)c2nc(-c3ccc(OC(F)(F)F)cc3OC)c(C)cc21. The Hall–Kier alpha value is -3.47. The van der Waals surface area contributed by atoms with Gasteiger partial charge in [-0.2, -0.15) is 0 Å². The predicted octanol–water partition coefficient (Wildman–Crippen LogP) is 5.56. The van der Waals surface area contributed by atoms with Crippen molar-refractivity contribution in [1.82, 2.24) is 19.4 Å². The van der Waals surface area contributed by atoms with E-state index < -0.39 is 6.36 Å². The summed E-state index contributed by atoms with van der Waals surface area (Å²) in [6.45, 7) is 9.06. The number of aromatic nitrogens is 2. The number of benzene rings is 1. The van der Waals surface area contributed by atoms with E-state index >= 15 is 0 Å². The minimum absolute atomic E-state index is 0.0806. The molecule has 1 saturated heterocycles. The van der Waals surface area contributed by atoms with Crippen molar-refractivity contribution in [3.63, 3.8) is 0 Å². The zero-order valence-corrected chi connectivity index (χ0v) is 22.3. The van der Waals surface area contributed by atoms with Crippen LogP contribution >= 0.6 is 0 Å². The van der Waals surface area contributed by atoms with Crippen LogP contribution in [-0.4, -0.2) is 78.7 Å². The number of piperazine rings is 1. The Morgan fingerprint density at radius 3 is 2.45 bits per heavy atom. The summed E-state index contributed by atoms with van der Waals surface area (Å²) >= 11 is 0. The van der Waals surface area contributed by atoms with Gasteiger partial charge in [0.1, 0.15) is 18.1 Å². The highest BCUT2D eigenvalue weighted by atomic mass is 19.4. The monoisotopic (exact) mass is 534 g/mol. The van der Waals surface area contributed by atoms with Crippen LogP contribution in [0.2, 0.25) is 0 Å². The number of halogens is 3. The Balaban J connectivity index is 1.60. The molecule has 0 saturated carbocycles. The topological polar surface area (TPSA) is 69.1 Å². The van der Waals surface area contributed by atoms with Gasteiger partial charge in [0.2, 0.25) is 0 Å². The molecule has 1 atom stereocenters. The fraction of sp³-hybridized carbons (Fsp3) is 0.481. The average molecular weight is 535 g/mol. The second-order valence-corrected chi connectivity index (χ2v) is 9.58. The third-order valence-electron chi connectivity index (χ3n) is 6.86. The molecule has 0 radical (unpaired) electrons. The van der Waals surface area contributed by atoms with Crippen LogP contribution in [-0.2, 0) is 4.74 Å². The number of pyridine rings is 1. The Morgan fingerprint density at radius 2 is 1.82 bits per heavy atom. The summed E-state index contributed by atoms with van der Waals surface area (Å²) in [6.07, 6.45) is -2.36. The van der Waals surface area contributed by atoms with Crippen LogP contribution in [0.5, 0.6) is 11.5 Å². The molecule has 0 bridgehead atoms. The van der Waals surface area contributed by atoms with Crippen molar-refractivity contribution >= 4 is 17.1 Å². The molecule has 1 fully saturated rings. The Kier molecular flexibility index (Phi) is 8.05. The highest BCUT2D eigenvalue weighted by Gasteiger charge is 2.31. The second-order valence-electron chi connectivity index (χ2n) is 9.58. The number of methoxy groups -OCH3 is 1. The summed E-state index contributed by atoms with van der Waals surface area (Å²) in [7, 11) is 3.42. The molecule has 2 aromatic heterocycles. The van der Waals surface area contributed by atoms with E-state index in [0.29, 0.717) is 24.3 Å². The number of amides is 1. The predicted molar refractivity (Wildman–Crippen MR) is 138 cm³/mol. The van der Waals surface area contributed by atoms with Gasteiger partial charge in [-0.05, 0) is 56.6 Å². The van der Waals surface area contributed by atoms with Gasteiger partial charge < -0.3 is 28.6 Å². The molecule has 38 heavy (non-hydrogen) atoms. The van der Waals surface area contributed by atoms with E-state index in [1.165, 1.54) is 25.3 Å². The van der Waals surface area contributed by atoms with Crippen LogP contribution in [0.15, 0.2) is 30.5 Å². The minimum Gasteiger partial charge on any atom is -0.496 e. The maximum Gasteiger partial charge on any atom is 0.573 e. The van der Waals surface area contributed by atoms with Crippen molar-refractivity contribution in [3.8, 4) is 22.8 Å². The standard InChI is InChI=1S/C27H33F3N4O4/c1-6-19(16-37-26(35)33-11-9-32(4)10-12-33)34-15-18(3)25-22(34)13-17(2)24(31-25)21-8-7-20(14-23(21)36-5)38-27(28,29)30/h7-8,13-15,19H,6,9-12,16H2,1-5H3/t19-/m0/s1. The van der Waals surface area contributed by atoms with Gasteiger partial charge >= 0.3 is 12.5 Å². The van der Waals surface area contributed by atoms with Crippen molar-refractivity contribution in [2.75, 3.05) is 46.9 Å². The van der Waals surface area contributed by atoms with Crippen molar-refractivity contribution in [1.29, 1.82) is 0 Å². The molecule has 206 valence electrons. The molecule has 0 aliphatic carbocycles. The molecule has 1 amide bonds. The second kappa shape index (κ2) is 11.1. The van der Waals surface area contributed by atoms with Gasteiger partial charge in [0.15, 0.2) is 0 Å². The summed E-state index contributed by atoms with van der Waals surface area (Å²) in [4.78, 5) is 21.4. The number of fused-ring (bicyclic) bond motifs is 1. The first-order valence-electron chi connectivity index (χ1n) is 12.5. The highest BCUT2D eigenvalue weighted by Crippen LogP contribution is 2.37. The number of carbonyl (C=O) groups is 1. The number of alkyl halides is 3. The van der Waals surface area contributed by atoms with Gasteiger partial charge in [-0.25, -0.2) is 9.78 Å². The van der Waals surface area contributed by atoms with Gasteiger partial charge in [-0.1, -0.05) is 6.92 Å². The number of aryl methyl sites for hydroxylation is 2. The molecule has 8 nitrogen and oxygen atoms in total. The van der Waals surface area contributed by atoms with Crippen LogP contribution < -0.4 is 9.47 Å². The summed E-state index contributed by atoms with van der Waals surface area (Å²) < 4.78 is 55.2. The van der Waals surface area contributed by atoms with Crippen molar-refractivity contribution in [2.24, 2.45) is 0 Å². The lowest BCUT2D eigenvalue weighted by molar-refractivity contribution is -0.274. The molecule has 0 spiro atoms. The van der Waals surface area contributed by atoms with Gasteiger partial charge in [-0.3, -0.25) is 0 Å². The number of carbonyl (C=O) groups excluding carboxylic acids is 1. The molecule has 1 aliphatic heterocycles. The number of hydrogen-bond donors (Lipinski definition) is 0. The van der Waals surface area contributed by atoms with Crippen LogP contribution in [0.1, 0.15) is 30.5 Å². The van der Waals surface area contributed by atoms with Crippen molar-refractivity contribution in [3.05, 3.63) is 41.6 Å². The first-order valence-corrected chi connectivity index (χ1v) is 12.5. The number of hydrogen-bond acceptors (Lipinski definition) is 6. The Morgan fingerprint density at radius 1 is 1.11 bits per heavy atom. The van der Waals surface area contributed by atoms with Crippen molar-refractivity contribution in [2.45, 2.75) is 39.6 Å². The fourth-order valence-electron chi connectivity index (χ4n) is 4.71. The number of likely N-dealkylation sites (N-methyl/N-ethyl adjacent to an activating group) is 1. The van der Waals surface area contributed by atoms with Gasteiger partial charge in [0, 0.05) is 44.0 Å². The molecule has 3 aromatic rings. The Labute approximate surface area is 219 Å². The first kappa shape index (κ1) is 27.6. The molecule has 1 aromatic carbocycles. The summed E-state index contributed by atoms with van der Waals surface area (Å²) in [5, 5.41) is 0. The van der Waals surface area contributed by atoms with Crippen LogP contribution in [0.4, 0.5) is 18.0 Å². The van der Waals surface area contributed by atoms with Gasteiger partial charge in [0.25, 0.3) is 0 Å². The maximum atomic E-state index is 12.7. The van der Waals surface area contributed by atoms with Crippen LogP contribution in [0.3, 0.4) is 0 Å². The zero-order valence-electron chi connectivity index (χ0n) is 22.3. The highest BCUT2D eigenvalue weighted by molar-refractivity contribution is 5.85. The molecule has 0 unspecified atom stereocenters. The number of nitrogens with zero attached hydrogens (tertiary/aromatic N) is 4. The quantitative estimate of drug-likeness (QED) is 0.395. The van der Waals surface area contributed by atoms with E-state index in [2.05, 4.69) is 14.2 Å². The fourth-order valence-corrected chi connectivity index (χ4v) is 4.71. The Bertz CT molecular complexity index is 1300. The summed E-state index contributed by atoms with van der Waals surface area (Å²) in [6, 6.07) is 5.88. The molecular weight excluding hydrogens is 501 g/mol. The minimum atomic E-state index is -4.80. The van der Waals surface area contributed by atoms with E-state index in [4.69, 9.17) is 14.5 Å². The van der Waals surface area contributed by atoms with Gasteiger partial charge in [0.05, 0.1) is 29.9 Å². The largest absolute Gasteiger partial charge is 0.573 e. The molecular formula is C27H33F3N4O4. The third kappa shape index (κ3) is 5.98. The molecule has 3 heterocycles. The third-order valence-corrected chi connectivity index (χ3v) is 6.86. The first-order chi connectivity index (χ1) is 18.0. The van der Waals surface area contributed by atoms with E-state index in [-0.39, 0.29) is 30.2 Å². The zero-order chi connectivity index (χ0) is 27.6. The maximum absolute atomic E-state index is 12.7. The number of rotatable bonds is 7. The van der Waals surface area contributed by atoms with Gasteiger partial charge in [-0.15, -0.1) is 13.2 Å². The van der Waals surface area contributed by atoms with E-state index in [1.54, 1.807) is 4.90 Å². The average Bonchev–Trinajstić information content (AvgIpc) is 3.18. The van der Waals surface area contributed by atoms with E-state index in [9.17, 15) is 18.0 Å². The molecule has 4 rings (SSSR count). The van der Waals surface area contributed by atoms with Crippen LogP contribution in [0, 0.1) is 13.8 Å².